The molecule has 0 fully saturated rings. The Morgan fingerprint density at radius 3 is 2.38 bits per heavy atom. The lowest BCUT2D eigenvalue weighted by Crippen LogP contribution is -2.06. The Kier molecular flexibility index (Phi) is 4.80. The van der Waals surface area contributed by atoms with Crippen molar-refractivity contribution in [3.63, 3.8) is 0 Å². The summed E-state index contributed by atoms with van der Waals surface area (Å²) in [4.78, 5) is 0. The molecule has 3 nitrogen and oxygen atoms in total. The maximum Gasteiger partial charge on any atom is 0.387 e. The predicted molar refractivity (Wildman–Crippen MR) is 73.2 cm³/mol. The summed E-state index contributed by atoms with van der Waals surface area (Å²) in [6.45, 7) is -3.01. The van der Waals surface area contributed by atoms with Crippen LogP contribution in [0.4, 0.5) is 18.9 Å². The molecule has 2 aromatic carbocycles. The summed E-state index contributed by atoms with van der Waals surface area (Å²) < 4.78 is 47.1. The molecule has 2 aromatic rings. The first kappa shape index (κ1) is 15.3. The Morgan fingerprint density at radius 2 is 1.76 bits per heavy atom. The zero-order valence-corrected chi connectivity index (χ0v) is 11.4. The smallest absolute Gasteiger partial charge is 0.387 e. The Bertz CT molecular complexity index is 620. The van der Waals surface area contributed by atoms with Gasteiger partial charge < -0.3 is 15.2 Å². The minimum Gasteiger partial charge on any atom is -0.487 e. The SMILES string of the molecule is Nc1cc(F)c(OC(F)F)cc1OCc1ccc(Cl)cc1. The van der Waals surface area contributed by atoms with Crippen molar-refractivity contribution in [3.05, 3.63) is 52.8 Å². The summed E-state index contributed by atoms with van der Waals surface area (Å²) in [6, 6.07) is 8.69. The van der Waals surface area contributed by atoms with Crippen molar-refractivity contribution in [2.75, 3.05) is 5.73 Å². The van der Waals surface area contributed by atoms with Crippen molar-refractivity contribution in [1.82, 2.24) is 0 Å². The van der Waals surface area contributed by atoms with E-state index in [1.807, 2.05) is 0 Å². The zero-order valence-electron chi connectivity index (χ0n) is 10.7. The molecule has 21 heavy (non-hydrogen) atoms. The van der Waals surface area contributed by atoms with Gasteiger partial charge in [0.15, 0.2) is 11.6 Å². The molecule has 0 bridgehead atoms. The van der Waals surface area contributed by atoms with Gasteiger partial charge in [0.2, 0.25) is 0 Å². The van der Waals surface area contributed by atoms with Crippen LogP contribution in [-0.4, -0.2) is 6.61 Å². The first-order chi connectivity index (χ1) is 9.95. The molecule has 2 N–H and O–H groups in total. The molecule has 0 spiro atoms. The molecule has 0 saturated heterocycles. The van der Waals surface area contributed by atoms with E-state index in [0.717, 1.165) is 17.7 Å². The molecule has 0 amide bonds. The van der Waals surface area contributed by atoms with Gasteiger partial charge in [-0.15, -0.1) is 0 Å². The van der Waals surface area contributed by atoms with Gasteiger partial charge in [0, 0.05) is 17.2 Å². The van der Waals surface area contributed by atoms with Crippen molar-refractivity contribution in [1.29, 1.82) is 0 Å². The summed E-state index contributed by atoms with van der Waals surface area (Å²) in [7, 11) is 0. The Labute approximate surface area is 124 Å². The predicted octanol–water partition coefficient (Wildman–Crippen LogP) is 4.24. The first-order valence-corrected chi connectivity index (χ1v) is 6.24. The quantitative estimate of drug-likeness (QED) is 0.839. The number of nitrogen functional groups attached to an aromatic ring is 1. The van der Waals surface area contributed by atoms with Crippen LogP contribution in [0.25, 0.3) is 0 Å². The van der Waals surface area contributed by atoms with Gasteiger partial charge in [-0.1, -0.05) is 23.7 Å². The van der Waals surface area contributed by atoms with Crippen LogP contribution in [0, 0.1) is 5.82 Å². The van der Waals surface area contributed by atoms with Gasteiger partial charge in [-0.3, -0.25) is 0 Å². The highest BCUT2D eigenvalue weighted by Crippen LogP contribution is 2.31. The highest BCUT2D eigenvalue weighted by Gasteiger charge is 2.14. The number of hydrogen-bond donors (Lipinski definition) is 1. The van der Waals surface area contributed by atoms with Crippen LogP contribution in [0.1, 0.15) is 5.56 Å². The van der Waals surface area contributed by atoms with E-state index in [0.29, 0.717) is 5.02 Å². The standard InChI is InChI=1S/C14H11ClF3NO2/c15-9-3-1-8(2-4-9)7-20-13-6-12(21-14(17)18)10(16)5-11(13)19/h1-6,14H,7,19H2. The fourth-order valence-corrected chi connectivity index (χ4v) is 1.73. The van der Waals surface area contributed by atoms with E-state index in [4.69, 9.17) is 22.1 Å². The molecule has 0 atom stereocenters. The molecule has 7 heteroatoms. The molecule has 0 unspecified atom stereocenters. The van der Waals surface area contributed by atoms with Gasteiger partial charge in [-0.25, -0.2) is 4.39 Å². The van der Waals surface area contributed by atoms with Gasteiger partial charge in [0.05, 0.1) is 5.69 Å². The van der Waals surface area contributed by atoms with Crippen LogP contribution in [-0.2, 0) is 6.61 Å². The Hall–Kier alpha value is -2.08. The fourth-order valence-electron chi connectivity index (χ4n) is 1.60. The van der Waals surface area contributed by atoms with Crippen LogP contribution >= 0.6 is 11.6 Å². The molecule has 2 rings (SSSR count). The maximum atomic E-state index is 13.4. The number of anilines is 1. The highest BCUT2D eigenvalue weighted by atomic mass is 35.5. The molecular weight excluding hydrogens is 307 g/mol. The number of rotatable bonds is 5. The van der Waals surface area contributed by atoms with E-state index in [1.54, 1.807) is 24.3 Å². The summed E-state index contributed by atoms with van der Waals surface area (Å²) in [6.07, 6.45) is 0. The second-order valence-electron chi connectivity index (χ2n) is 4.11. The number of alkyl halides is 2. The minimum atomic E-state index is -3.13. The van der Waals surface area contributed by atoms with Crippen molar-refractivity contribution in [3.8, 4) is 11.5 Å². The van der Waals surface area contributed by atoms with Crippen LogP contribution in [0.3, 0.4) is 0 Å². The van der Waals surface area contributed by atoms with Gasteiger partial charge in [0.1, 0.15) is 12.4 Å². The number of hydrogen-bond acceptors (Lipinski definition) is 3. The van der Waals surface area contributed by atoms with Crippen LogP contribution in [0.2, 0.25) is 5.02 Å². The van der Waals surface area contributed by atoms with E-state index in [2.05, 4.69) is 4.74 Å². The average Bonchev–Trinajstić information content (AvgIpc) is 2.42. The normalized spacial score (nSPS) is 10.7. The van der Waals surface area contributed by atoms with E-state index in [-0.39, 0.29) is 18.0 Å². The van der Waals surface area contributed by atoms with Crippen molar-refractivity contribution in [2.45, 2.75) is 13.2 Å². The summed E-state index contributed by atoms with van der Waals surface area (Å²) in [5.74, 6) is -1.54. The van der Waals surface area contributed by atoms with Gasteiger partial charge >= 0.3 is 6.61 Å². The Balaban J connectivity index is 2.13. The topological polar surface area (TPSA) is 44.5 Å². The number of benzene rings is 2. The monoisotopic (exact) mass is 317 g/mol. The van der Waals surface area contributed by atoms with Crippen molar-refractivity contribution < 1.29 is 22.6 Å². The molecule has 112 valence electrons. The third kappa shape index (κ3) is 4.19. The second-order valence-corrected chi connectivity index (χ2v) is 4.55. The van der Waals surface area contributed by atoms with E-state index in [1.165, 1.54) is 0 Å². The maximum absolute atomic E-state index is 13.4. The largest absolute Gasteiger partial charge is 0.487 e. The molecular formula is C14H11ClF3NO2. The van der Waals surface area contributed by atoms with Gasteiger partial charge in [0.25, 0.3) is 0 Å². The lowest BCUT2D eigenvalue weighted by molar-refractivity contribution is -0.0522. The van der Waals surface area contributed by atoms with Crippen molar-refractivity contribution in [2.24, 2.45) is 0 Å². The van der Waals surface area contributed by atoms with Gasteiger partial charge in [-0.2, -0.15) is 8.78 Å². The first-order valence-electron chi connectivity index (χ1n) is 5.87. The summed E-state index contributed by atoms with van der Waals surface area (Å²) in [5.41, 5.74) is 6.36. The number of ether oxygens (including phenoxy) is 2. The van der Waals surface area contributed by atoms with Crippen LogP contribution < -0.4 is 15.2 Å². The Morgan fingerprint density at radius 1 is 1.10 bits per heavy atom. The van der Waals surface area contributed by atoms with E-state index >= 15 is 0 Å². The van der Waals surface area contributed by atoms with Crippen LogP contribution in [0.5, 0.6) is 11.5 Å². The van der Waals surface area contributed by atoms with E-state index in [9.17, 15) is 13.2 Å². The third-order valence-corrected chi connectivity index (χ3v) is 2.84. The molecule has 0 radical (unpaired) electrons. The van der Waals surface area contributed by atoms with E-state index < -0.39 is 18.2 Å². The van der Waals surface area contributed by atoms with Crippen LogP contribution in [0.15, 0.2) is 36.4 Å². The molecule has 0 aliphatic heterocycles. The molecule has 0 aliphatic rings. The minimum absolute atomic E-state index is 0.0110. The molecule has 0 saturated carbocycles. The second kappa shape index (κ2) is 6.58. The number of halogens is 4. The van der Waals surface area contributed by atoms with Crippen molar-refractivity contribution >= 4 is 17.3 Å². The zero-order chi connectivity index (χ0) is 15.4. The lowest BCUT2D eigenvalue weighted by atomic mass is 10.2. The summed E-state index contributed by atoms with van der Waals surface area (Å²) >= 11 is 5.75. The molecule has 0 aliphatic carbocycles. The molecule has 0 heterocycles. The third-order valence-electron chi connectivity index (χ3n) is 2.59. The highest BCUT2D eigenvalue weighted by molar-refractivity contribution is 6.30. The van der Waals surface area contributed by atoms with Gasteiger partial charge in [-0.05, 0) is 17.7 Å². The molecule has 0 aromatic heterocycles. The lowest BCUT2D eigenvalue weighted by Gasteiger charge is -2.12. The number of nitrogens with two attached hydrogens (primary N) is 1. The fraction of sp³-hybridized carbons (Fsp3) is 0.143. The summed E-state index contributed by atoms with van der Waals surface area (Å²) in [5, 5.41) is 0.577. The average molecular weight is 318 g/mol.